The van der Waals surface area contributed by atoms with Crippen molar-refractivity contribution in [2.45, 2.75) is 66.8 Å². The molecular formula is C50H60N6O8. The van der Waals surface area contributed by atoms with Crippen LogP contribution in [0.5, 0.6) is 0 Å². The van der Waals surface area contributed by atoms with Crippen LogP contribution in [0.15, 0.2) is 97.1 Å². The Kier molecular flexibility index (Phi) is 15.4. The third kappa shape index (κ3) is 9.60. The molecule has 14 heteroatoms. The molecule has 338 valence electrons. The number of aliphatic carboxylic acids is 2. The number of hydrogen-bond acceptors (Lipinski definition) is 8. The fourth-order valence-electron chi connectivity index (χ4n) is 8.83. The van der Waals surface area contributed by atoms with Gasteiger partial charge in [-0.3, -0.25) is 9.59 Å². The number of likely N-dealkylation sites (N-methyl/N-ethyl adjacent to an activating group) is 2. The zero-order valence-electron chi connectivity index (χ0n) is 37.6. The molecule has 4 heterocycles. The highest BCUT2D eigenvalue weighted by molar-refractivity contribution is 6.12. The van der Waals surface area contributed by atoms with Gasteiger partial charge in [-0.2, -0.15) is 0 Å². The normalized spacial score (nSPS) is 14.1. The average molecular weight is 873 g/mol. The van der Waals surface area contributed by atoms with Crippen LogP contribution in [0.2, 0.25) is 0 Å². The fraction of sp³-hybridized carbons (Fsp3) is 0.360. The number of carboxylic acid groups (broad SMARTS) is 2. The molecule has 0 aliphatic carbocycles. The molecule has 4 N–H and O–H groups in total. The summed E-state index contributed by atoms with van der Waals surface area (Å²) < 4.78 is 4.40. The Hall–Kier alpha value is -6.32. The van der Waals surface area contributed by atoms with Crippen LogP contribution in [0.4, 0.5) is 11.4 Å². The first-order chi connectivity index (χ1) is 30.8. The highest BCUT2D eigenvalue weighted by Crippen LogP contribution is 2.42. The molecule has 4 aromatic carbocycles. The minimum Gasteiger partial charge on any atom is -0.479 e. The van der Waals surface area contributed by atoms with Gasteiger partial charge >= 0.3 is 11.9 Å². The molecule has 0 radical (unpaired) electrons. The number of nitrogens with zero attached hydrogens (tertiary/aromatic N) is 6. The maximum atomic E-state index is 13.0. The summed E-state index contributed by atoms with van der Waals surface area (Å²) in [7, 11) is 0. The lowest BCUT2D eigenvalue weighted by Gasteiger charge is -2.31. The summed E-state index contributed by atoms with van der Waals surface area (Å²) in [5.41, 5.74) is 11.7. The van der Waals surface area contributed by atoms with Crippen molar-refractivity contribution in [3.05, 3.63) is 108 Å². The predicted molar refractivity (Wildman–Crippen MR) is 252 cm³/mol. The molecule has 64 heavy (non-hydrogen) atoms. The molecule has 0 saturated heterocycles. The van der Waals surface area contributed by atoms with Crippen molar-refractivity contribution >= 4 is 56.9 Å². The monoisotopic (exact) mass is 872 g/mol. The lowest BCUT2D eigenvalue weighted by atomic mass is 10.0. The molecule has 0 bridgehead atoms. The van der Waals surface area contributed by atoms with Crippen LogP contribution in [0, 0.1) is 13.8 Å². The summed E-state index contributed by atoms with van der Waals surface area (Å²) in [5.74, 6) is -3.18. The molecule has 0 saturated carbocycles. The number of carbonyl (C=O) groups excluding carboxylic acids is 2. The number of aromatic nitrogens is 2. The fourth-order valence-corrected chi connectivity index (χ4v) is 8.83. The van der Waals surface area contributed by atoms with E-state index in [9.17, 15) is 19.2 Å². The zero-order chi connectivity index (χ0) is 46.2. The van der Waals surface area contributed by atoms with Crippen molar-refractivity contribution in [3.8, 4) is 22.3 Å². The molecule has 8 rings (SSSR count). The van der Waals surface area contributed by atoms with E-state index in [1.165, 1.54) is 55.4 Å². The van der Waals surface area contributed by atoms with Gasteiger partial charge in [-0.05, 0) is 63.3 Å². The van der Waals surface area contributed by atoms with Gasteiger partial charge in [-0.25, -0.2) is 9.59 Å². The van der Waals surface area contributed by atoms with Gasteiger partial charge in [-0.1, -0.05) is 113 Å². The Balaban J connectivity index is 0.000000176. The Morgan fingerprint density at radius 2 is 0.891 bits per heavy atom. The summed E-state index contributed by atoms with van der Waals surface area (Å²) in [6.07, 6.45) is -4.53. The van der Waals surface area contributed by atoms with Gasteiger partial charge in [0.1, 0.15) is 13.1 Å². The number of amides is 2. The predicted octanol–water partition coefficient (Wildman–Crippen LogP) is 6.49. The standard InChI is InChI=1S/2C23H27N3O.C4H6O6/c2*1-4-24(5-2)14-15-25-20-13-9-12-19-22(18-10-7-6-8-11-18)17(3)26(23(19)20)16-21(25)27;5-1(3(7)8)2(6)4(9)10/h2*6-13H,4-5,14-16H2,1-3H3;1-2,5-6H,(H,7,8)(H,9,10)/t;;1-,2-/m..1/s1. The summed E-state index contributed by atoms with van der Waals surface area (Å²) in [6, 6.07) is 33.7. The molecule has 0 fully saturated rings. The Bertz CT molecular complexity index is 2420. The van der Waals surface area contributed by atoms with Gasteiger partial charge in [0.15, 0.2) is 12.2 Å². The van der Waals surface area contributed by atoms with Crippen LogP contribution in [-0.2, 0) is 32.3 Å². The second-order valence-corrected chi connectivity index (χ2v) is 15.9. The Morgan fingerprint density at radius 3 is 1.20 bits per heavy atom. The molecule has 0 spiro atoms. The first-order valence-corrected chi connectivity index (χ1v) is 22.0. The number of carbonyl (C=O) groups is 4. The number of aliphatic hydroxyl groups is 2. The van der Waals surface area contributed by atoms with Crippen LogP contribution >= 0.6 is 0 Å². The second kappa shape index (κ2) is 20.9. The molecule has 0 unspecified atom stereocenters. The van der Waals surface area contributed by atoms with E-state index in [1.807, 2.05) is 21.9 Å². The van der Waals surface area contributed by atoms with Crippen LogP contribution in [0.25, 0.3) is 44.1 Å². The van der Waals surface area contributed by atoms with Crippen LogP contribution < -0.4 is 9.80 Å². The van der Waals surface area contributed by atoms with E-state index in [4.69, 9.17) is 20.4 Å². The number of carboxylic acids is 2. The van der Waals surface area contributed by atoms with Crippen molar-refractivity contribution in [1.82, 2.24) is 18.9 Å². The van der Waals surface area contributed by atoms with Crippen molar-refractivity contribution in [1.29, 1.82) is 0 Å². The Morgan fingerprint density at radius 1 is 0.547 bits per heavy atom. The molecule has 2 aromatic heterocycles. The van der Waals surface area contributed by atoms with Crippen LogP contribution in [0.1, 0.15) is 39.1 Å². The lowest BCUT2D eigenvalue weighted by Crippen LogP contribution is -2.42. The third-order valence-corrected chi connectivity index (χ3v) is 12.4. The molecular weight excluding hydrogens is 813 g/mol. The lowest BCUT2D eigenvalue weighted by molar-refractivity contribution is -0.165. The van der Waals surface area contributed by atoms with E-state index in [-0.39, 0.29) is 11.8 Å². The number of aliphatic hydroxyl groups excluding tert-OH is 2. The number of hydrogen-bond donors (Lipinski definition) is 4. The quantitative estimate of drug-likeness (QED) is 0.0895. The minimum absolute atomic E-state index is 0.181. The van der Waals surface area contributed by atoms with Gasteiger partial charge in [0, 0.05) is 59.5 Å². The van der Waals surface area contributed by atoms with Crippen molar-refractivity contribution < 1.29 is 39.6 Å². The second-order valence-electron chi connectivity index (χ2n) is 15.9. The summed E-state index contributed by atoms with van der Waals surface area (Å²) in [5, 5.41) is 35.0. The largest absolute Gasteiger partial charge is 0.479 e. The number of para-hydroxylation sites is 2. The van der Waals surface area contributed by atoms with Gasteiger partial charge in [-0.15, -0.1) is 0 Å². The van der Waals surface area contributed by atoms with E-state index in [2.05, 4.69) is 145 Å². The van der Waals surface area contributed by atoms with E-state index in [1.54, 1.807) is 0 Å². The summed E-state index contributed by atoms with van der Waals surface area (Å²) in [4.78, 5) is 54.2. The molecule has 2 aliphatic heterocycles. The minimum atomic E-state index is -2.27. The molecule has 2 amide bonds. The number of rotatable bonds is 15. The number of anilines is 2. The zero-order valence-corrected chi connectivity index (χ0v) is 37.6. The topological polar surface area (TPSA) is 172 Å². The smallest absolute Gasteiger partial charge is 0.335 e. The third-order valence-electron chi connectivity index (χ3n) is 12.4. The molecule has 14 nitrogen and oxygen atoms in total. The first-order valence-electron chi connectivity index (χ1n) is 22.0. The van der Waals surface area contributed by atoms with E-state index in [0.29, 0.717) is 13.1 Å². The summed E-state index contributed by atoms with van der Waals surface area (Å²) >= 11 is 0. The van der Waals surface area contributed by atoms with Gasteiger partial charge < -0.3 is 49.2 Å². The molecule has 6 aromatic rings. The first kappa shape index (κ1) is 47.2. The van der Waals surface area contributed by atoms with Crippen molar-refractivity contribution in [2.75, 3.05) is 62.2 Å². The molecule has 2 aliphatic rings. The van der Waals surface area contributed by atoms with E-state index >= 15 is 0 Å². The van der Waals surface area contributed by atoms with Gasteiger partial charge in [0.25, 0.3) is 0 Å². The van der Waals surface area contributed by atoms with Gasteiger partial charge in [0.2, 0.25) is 11.8 Å². The van der Waals surface area contributed by atoms with Crippen LogP contribution in [-0.4, -0.2) is 128 Å². The van der Waals surface area contributed by atoms with E-state index < -0.39 is 24.1 Å². The highest BCUT2D eigenvalue weighted by atomic mass is 16.4. The maximum Gasteiger partial charge on any atom is 0.335 e. The Labute approximate surface area is 374 Å². The number of benzene rings is 4. The van der Waals surface area contributed by atoms with Crippen molar-refractivity contribution in [2.24, 2.45) is 0 Å². The molecule has 2 atom stereocenters. The van der Waals surface area contributed by atoms with Crippen molar-refractivity contribution in [3.63, 3.8) is 0 Å². The summed E-state index contributed by atoms with van der Waals surface area (Å²) in [6.45, 7) is 21.1. The highest BCUT2D eigenvalue weighted by Gasteiger charge is 2.32. The van der Waals surface area contributed by atoms with E-state index in [0.717, 1.165) is 63.7 Å². The van der Waals surface area contributed by atoms with Gasteiger partial charge in [0.05, 0.1) is 22.4 Å². The SMILES string of the molecule is CCN(CC)CCN1C(=O)Cn2c(C)c(-c3ccccc3)c3cccc1c32.CCN(CC)CCN1C(=O)Cn2c(C)c(-c3ccccc3)c3cccc1c32.O=C(O)[C@H](O)[C@@H](O)C(=O)O. The average Bonchev–Trinajstić information content (AvgIpc) is 3.75. The van der Waals surface area contributed by atoms with Crippen LogP contribution in [0.3, 0.4) is 0 Å². The maximum absolute atomic E-state index is 13.0.